The van der Waals surface area contributed by atoms with E-state index in [1.807, 2.05) is 13.0 Å². The van der Waals surface area contributed by atoms with Crippen molar-refractivity contribution in [2.24, 2.45) is 17.8 Å². The smallest absolute Gasteiger partial charge is 0.286 e. The first-order valence-electron chi connectivity index (χ1n) is 8.04. The monoisotopic (exact) mass is 297 g/mol. The van der Waals surface area contributed by atoms with Crippen molar-refractivity contribution in [3.8, 4) is 0 Å². The molecule has 5 nitrogen and oxygen atoms in total. The molecule has 2 rings (SSSR count). The molecule has 0 saturated heterocycles. The number of aliphatic hydroxyl groups excluding tert-OH is 1. The van der Waals surface area contributed by atoms with Crippen molar-refractivity contribution in [3.05, 3.63) is 11.8 Å². The van der Waals surface area contributed by atoms with Crippen molar-refractivity contribution < 1.29 is 19.4 Å². The average Bonchev–Trinajstić information content (AvgIpc) is 3.28. The predicted octanol–water partition coefficient (Wildman–Crippen LogP) is 1.81. The van der Waals surface area contributed by atoms with E-state index in [1.165, 1.54) is 12.8 Å². The number of rotatable bonds is 8. The number of amides is 1. The van der Waals surface area contributed by atoms with Crippen LogP contribution in [0.1, 0.15) is 39.5 Å². The molecule has 0 aromatic carbocycles. The van der Waals surface area contributed by atoms with E-state index in [4.69, 9.17) is 14.6 Å². The van der Waals surface area contributed by atoms with Crippen LogP contribution in [0.15, 0.2) is 11.8 Å². The highest BCUT2D eigenvalue weighted by Crippen LogP contribution is 2.33. The number of hydrogen-bond donors (Lipinski definition) is 2. The molecule has 2 N–H and O–H groups in total. The highest BCUT2D eigenvalue weighted by molar-refractivity contribution is 5.91. The fourth-order valence-corrected chi connectivity index (χ4v) is 2.69. The normalized spacial score (nSPS) is 28.7. The lowest BCUT2D eigenvalue weighted by Gasteiger charge is -2.35. The zero-order valence-corrected chi connectivity index (χ0v) is 13.0. The van der Waals surface area contributed by atoms with E-state index >= 15 is 0 Å². The fourth-order valence-electron chi connectivity index (χ4n) is 2.69. The van der Waals surface area contributed by atoms with Gasteiger partial charge < -0.3 is 19.9 Å². The van der Waals surface area contributed by atoms with E-state index in [0.717, 1.165) is 19.4 Å². The molecule has 3 atom stereocenters. The minimum atomic E-state index is -0.400. The number of ether oxygens (including phenoxy) is 2. The standard InChI is InChI=1S/C16H27NO4/c1-3-20-16-13(5-4-8-18)11(2)9-14(21-16)15(19)17-10-12-6-7-12/h9,11-13,16,18H,3-8,10H2,1-2H3,(H,17,19)/t11-,13-,16+/m1/s1. The first-order chi connectivity index (χ1) is 10.2. The lowest BCUT2D eigenvalue weighted by molar-refractivity contribution is -0.171. The van der Waals surface area contributed by atoms with Gasteiger partial charge in [0.1, 0.15) is 0 Å². The van der Waals surface area contributed by atoms with Gasteiger partial charge in [-0.25, -0.2) is 0 Å². The Bertz CT molecular complexity index is 378. The molecule has 1 aliphatic carbocycles. The molecule has 0 aromatic heterocycles. The zero-order valence-electron chi connectivity index (χ0n) is 13.0. The van der Waals surface area contributed by atoms with Gasteiger partial charge in [-0.15, -0.1) is 0 Å². The molecule has 120 valence electrons. The van der Waals surface area contributed by atoms with Crippen molar-refractivity contribution in [2.45, 2.75) is 45.8 Å². The number of carbonyl (C=O) groups is 1. The molecule has 0 spiro atoms. The molecule has 1 heterocycles. The van der Waals surface area contributed by atoms with E-state index in [1.54, 1.807) is 0 Å². The predicted molar refractivity (Wildman–Crippen MR) is 79.3 cm³/mol. The quantitative estimate of drug-likeness (QED) is 0.717. The van der Waals surface area contributed by atoms with E-state index in [9.17, 15) is 4.79 Å². The van der Waals surface area contributed by atoms with Crippen molar-refractivity contribution in [1.29, 1.82) is 0 Å². The summed E-state index contributed by atoms with van der Waals surface area (Å²) in [5, 5.41) is 11.9. The van der Waals surface area contributed by atoms with Crippen LogP contribution in [0.4, 0.5) is 0 Å². The second kappa shape index (κ2) is 7.80. The van der Waals surface area contributed by atoms with Crippen LogP contribution < -0.4 is 5.32 Å². The second-order valence-electron chi connectivity index (χ2n) is 6.01. The van der Waals surface area contributed by atoms with Crippen LogP contribution in [0.25, 0.3) is 0 Å². The summed E-state index contributed by atoms with van der Waals surface area (Å²) >= 11 is 0. The summed E-state index contributed by atoms with van der Waals surface area (Å²) in [6, 6.07) is 0. The number of hydrogen-bond acceptors (Lipinski definition) is 4. The number of carbonyl (C=O) groups excluding carboxylic acids is 1. The van der Waals surface area contributed by atoms with Gasteiger partial charge in [0.25, 0.3) is 5.91 Å². The molecule has 0 radical (unpaired) electrons. The number of nitrogens with one attached hydrogen (secondary N) is 1. The lowest BCUT2D eigenvalue weighted by atomic mass is 9.87. The molecule has 1 aliphatic heterocycles. The molecular weight excluding hydrogens is 270 g/mol. The molecule has 0 bridgehead atoms. The van der Waals surface area contributed by atoms with Crippen LogP contribution in [0.5, 0.6) is 0 Å². The topological polar surface area (TPSA) is 67.8 Å². The Morgan fingerprint density at radius 1 is 1.52 bits per heavy atom. The fraction of sp³-hybridized carbons (Fsp3) is 0.812. The van der Waals surface area contributed by atoms with Gasteiger partial charge in [-0.2, -0.15) is 0 Å². The Labute approximate surface area is 126 Å². The maximum Gasteiger partial charge on any atom is 0.286 e. The second-order valence-corrected chi connectivity index (χ2v) is 6.01. The molecule has 2 aliphatic rings. The molecule has 1 amide bonds. The van der Waals surface area contributed by atoms with Gasteiger partial charge in [-0.05, 0) is 50.5 Å². The summed E-state index contributed by atoms with van der Waals surface area (Å²) in [6.07, 6.45) is 5.46. The van der Waals surface area contributed by atoms with Crippen LogP contribution in [0, 0.1) is 17.8 Å². The third-order valence-electron chi connectivity index (χ3n) is 4.18. The van der Waals surface area contributed by atoms with Gasteiger partial charge in [0, 0.05) is 25.7 Å². The summed E-state index contributed by atoms with van der Waals surface area (Å²) in [5.74, 6) is 1.26. The van der Waals surface area contributed by atoms with Gasteiger partial charge >= 0.3 is 0 Å². The largest absolute Gasteiger partial charge is 0.459 e. The zero-order chi connectivity index (χ0) is 15.2. The summed E-state index contributed by atoms with van der Waals surface area (Å²) in [7, 11) is 0. The first-order valence-corrected chi connectivity index (χ1v) is 8.04. The molecule has 1 saturated carbocycles. The van der Waals surface area contributed by atoms with Gasteiger partial charge in [0.2, 0.25) is 6.29 Å². The minimum absolute atomic E-state index is 0.140. The van der Waals surface area contributed by atoms with Gasteiger partial charge in [-0.1, -0.05) is 6.92 Å². The maximum absolute atomic E-state index is 12.1. The van der Waals surface area contributed by atoms with Crippen molar-refractivity contribution in [3.63, 3.8) is 0 Å². The summed E-state index contributed by atoms with van der Waals surface area (Å²) in [4.78, 5) is 12.1. The van der Waals surface area contributed by atoms with Crippen LogP contribution in [-0.4, -0.2) is 37.1 Å². The van der Waals surface area contributed by atoms with Crippen LogP contribution >= 0.6 is 0 Å². The van der Waals surface area contributed by atoms with Gasteiger partial charge in [0.15, 0.2) is 5.76 Å². The van der Waals surface area contributed by atoms with Crippen LogP contribution in [0.3, 0.4) is 0 Å². The summed E-state index contributed by atoms with van der Waals surface area (Å²) in [6.45, 7) is 5.44. The SMILES string of the molecule is CCO[C@H]1OC(C(=O)NCC2CC2)=C[C@@H](C)[C@H]1CCCO. The molecule has 21 heavy (non-hydrogen) atoms. The van der Waals surface area contributed by atoms with Crippen molar-refractivity contribution in [1.82, 2.24) is 5.32 Å². The Morgan fingerprint density at radius 2 is 2.29 bits per heavy atom. The Balaban J connectivity index is 1.96. The molecule has 0 unspecified atom stereocenters. The first kappa shape index (κ1) is 16.3. The lowest BCUT2D eigenvalue weighted by Crippen LogP contribution is -2.39. The highest BCUT2D eigenvalue weighted by Gasteiger charge is 2.35. The molecular formula is C16H27NO4. The van der Waals surface area contributed by atoms with Crippen molar-refractivity contribution >= 4 is 5.91 Å². The van der Waals surface area contributed by atoms with Crippen molar-refractivity contribution in [2.75, 3.05) is 19.8 Å². The Morgan fingerprint density at radius 3 is 2.90 bits per heavy atom. The van der Waals surface area contributed by atoms with Gasteiger partial charge in [0.05, 0.1) is 0 Å². The summed E-state index contributed by atoms with van der Waals surface area (Å²) < 4.78 is 11.4. The Kier molecular flexibility index (Phi) is 6.06. The summed E-state index contributed by atoms with van der Waals surface area (Å²) in [5.41, 5.74) is 0. The molecule has 0 aromatic rings. The third kappa shape index (κ3) is 4.71. The third-order valence-corrected chi connectivity index (χ3v) is 4.18. The van der Waals surface area contributed by atoms with E-state index in [0.29, 0.717) is 18.3 Å². The Hall–Kier alpha value is -1.07. The van der Waals surface area contributed by atoms with Crippen LogP contribution in [0.2, 0.25) is 0 Å². The number of aliphatic hydroxyl groups is 1. The minimum Gasteiger partial charge on any atom is -0.459 e. The maximum atomic E-state index is 12.1. The van der Waals surface area contributed by atoms with E-state index < -0.39 is 6.29 Å². The average molecular weight is 297 g/mol. The van der Waals surface area contributed by atoms with E-state index in [-0.39, 0.29) is 24.3 Å². The number of allylic oxidation sites excluding steroid dienone is 1. The van der Waals surface area contributed by atoms with E-state index in [2.05, 4.69) is 12.2 Å². The molecule has 5 heteroatoms. The highest BCUT2D eigenvalue weighted by atomic mass is 16.7. The van der Waals surface area contributed by atoms with Crippen LogP contribution in [-0.2, 0) is 14.3 Å². The van der Waals surface area contributed by atoms with Gasteiger partial charge in [-0.3, -0.25) is 4.79 Å². The molecule has 1 fully saturated rings.